The highest BCUT2D eigenvalue weighted by molar-refractivity contribution is 5.78. The van der Waals surface area contributed by atoms with Gasteiger partial charge in [0.1, 0.15) is 0 Å². The van der Waals surface area contributed by atoms with E-state index >= 15 is 0 Å². The van der Waals surface area contributed by atoms with Crippen LogP contribution in [-0.4, -0.2) is 19.7 Å². The first-order valence-electron chi connectivity index (χ1n) is 7.50. The Bertz CT molecular complexity index is 851. The van der Waals surface area contributed by atoms with Crippen LogP contribution in [0.2, 0.25) is 0 Å². The molecule has 0 amide bonds. The van der Waals surface area contributed by atoms with Crippen LogP contribution < -0.4 is 5.56 Å². The summed E-state index contributed by atoms with van der Waals surface area (Å²) < 4.78 is 6.67. The van der Waals surface area contributed by atoms with Crippen molar-refractivity contribution < 1.29 is 4.52 Å². The highest BCUT2D eigenvalue weighted by Crippen LogP contribution is 2.10. The van der Waals surface area contributed by atoms with Crippen molar-refractivity contribution in [2.45, 2.75) is 39.7 Å². The summed E-state index contributed by atoms with van der Waals surface area (Å²) in [6.07, 6.45) is 3.73. The van der Waals surface area contributed by atoms with Crippen LogP contribution in [0.3, 0.4) is 0 Å². The van der Waals surface area contributed by atoms with Crippen molar-refractivity contribution in [2.24, 2.45) is 0 Å². The van der Waals surface area contributed by atoms with Gasteiger partial charge in [-0.15, -0.1) is 0 Å². The number of hydrogen-bond donors (Lipinski definition) is 0. The lowest BCUT2D eigenvalue weighted by molar-refractivity contribution is 0.375. The summed E-state index contributed by atoms with van der Waals surface area (Å²) in [5.41, 5.74) is 1.83. The molecule has 22 heavy (non-hydrogen) atoms. The second-order valence-corrected chi connectivity index (χ2v) is 5.16. The molecule has 3 rings (SSSR count). The molecule has 0 N–H and O–H groups in total. The summed E-state index contributed by atoms with van der Waals surface area (Å²) in [4.78, 5) is 21.1. The molecule has 0 spiro atoms. The third kappa shape index (κ3) is 2.77. The minimum atomic E-state index is -0.0282. The smallest absolute Gasteiger partial charge is 0.261 e. The summed E-state index contributed by atoms with van der Waals surface area (Å²) in [7, 11) is 0. The second-order valence-electron chi connectivity index (χ2n) is 5.16. The van der Waals surface area contributed by atoms with Gasteiger partial charge in [0, 0.05) is 19.4 Å². The molecule has 0 bridgehead atoms. The first kappa shape index (κ1) is 14.4. The summed E-state index contributed by atoms with van der Waals surface area (Å²) in [6.45, 7) is 4.51. The fourth-order valence-electron chi connectivity index (χ4n) is 2.34. The first-order chi connectivity index (χ1) is 10.7. The van der Waals surface area contributed by atoms with Crippen LogP contribution in [0.1, 0.15) is 31.1 Å². The Morgan fingerprint density at radius 1 is 1.23 bits per heavy atom. The molecular weight excluding hydrogens is 280 g/mol. The highest BCUT2D eigenvalue weighted by atomic mass is 16.5. The zero-order chi connectivity index (χ0) is 15.5. The molecule has 0 saturated carbocycles. The minimum absolute atomic E-state index is 0.0282. The Labute approximate surface area is 127 Å². The first-order valence-corrected chi connectivity index (χ1v) is 7.50. The highest BCUT2D eigenvalue weighted by Gasteiger charge is 2.08. The van der Waals surface area contributed by atoms with E-state index in [-0.39, 0.29) is 5.56 Å². The van der Waals surface area contributed by atoms with E-state index in [2.05, 4.69) is 22.0 Å². The van der Waals surface area contributed by atoms with E-state index in [1.54, 1.807) is 10.9 Å². The van der Waals surface area contributed by atoms with Gasteiger partial charge in [0.05, 0.1) is 17.2 Å². The molecule has 0 fully saturated rings. The molecule has 0 aliphatic heterocycles. The molecular formula is C16H18N4O2. The van der Waals surface area contributed by atoms with E-state index < -0.39 is 0 Å². The van der Waals surface area contributed by atoms with Crippen molar-refractivity contribution in [1.29, 1.82) is 0 Å². The third-order valence-electron chi connectivity index (χ3n) is 3.69. The van der Waals surface area contributed by atoms with Gasteiger partial charge >= 0.3 is 0 Å². The Kier molecular flexibility index (Phi) is 4.00. The standard InChI is InChI=1S/C16H18N4O2/c1-3-11-5-6-13-12(9-11)16(21)20(10-17-13)8-7-14-18-15(4-2)22-19-14/h5-6,9-10H,3-4,7-8H2,1-2H3. The Morgan fingerprint density at radius 2 is 2.09 bits per heavy atom. The summed E-state index contributed by atoms with van der Waals surface area (Å²) in [5.74, 6) is 1.23. The number of aryl methyl sites for hydroxylation is 4. The lowest BCUT2D eigenvalue weighted by Gasteiger charge is -2.06. The maximum Gasteiger partial charge on any atom is 0.261 e. The van der Waals surface area contributed by atoms with Crippen LogP contribution in [0.25, 0.3) is 10.9 Å². The van der Waals surface area contributed by atoms with Crippen molar-refractivity contribution in [3.63, 3.8) is 0 Å². The van der Waals surface area contributed by atoms with Gasteiger partial charge in [0.15, 0.2) is 5.82 Å². The van der Waals surface area contributed by atoms with Crippen LogP contribution in [0.5, 0.6) is 0 Å². The average Bonchev–Trinajstić information content (AvgIpc) is 3.02. The molecule has 0 radical (unpaired) electrons. The Morgan fingerprint density at radius 3 is 2.82 bits per heavy atom. The molecule has 0 saturated heterocycles. The van der Waals surface area contributed by atoms with E-state index in [9.17, 15) is 4.79 Å². The Balaban J connectivity index is 1.87. The lowest BCUT2D eigenvalue weighted by Crippen LogP contribution is -2.22. The number of rotatable bonds is 5. The van der Waals surface area contributed by atoms with Gasteiger partial charge in [0.25, 0.3) is 5.56 Å². The SMILES string of the molecule is CCc1ccc2ncn(CCc3noc(CC)n3)c(=O)c2c1. The van der Waals surface area contributed by atoms with Crippen molar-refractivity contribution >= 4 is 10.9 Å². The molecule has 3 aromatic rings. The van der Waals surface area contributed by atoms with E-state index in [1.165, 1.54) is 0 Å². The van der Waals surface area contributed by atoms with Crippen molar-refractivity contribution in [3.05, 3.63) is 52.2 Å². The fourth-order valence-corrected chi connectivity index (χ4v) is 2.34. The number of fused-ring (bicyclic) bond motifs is 1. The van der Waals surface area contributed by atoms with Gasteiger partial charge in [-0.2, -0.15) is 4.98 Å². The van der Waals surface area contributed by atoms with Crippen LogP contribution in [0.4, 0.5) is 0 Å². The molecule has 0 aliphatic carbocycles. The molecule has 0 atom stereocenters. The molecule has 0 aliphatic rings. The topological polar surface area (TPSA) is 73.8 Å². The summed E-state index contributed by atoms with van der Waals surface area (Å²) in [5, 5.41) is 4.56. The molecule has 6 heteroatoms. The van der Waals surface area contributed by atoms with Crippen LogP contribution in [-0.2, 0) is 25.8 Å². The predicted molar refractivity (Wildman–Crippen MR) is 82.8 cm³/mol. The van der Waals surface area contributed by atoms with Gasteiger partial charge in [-0.1, -0.05) is 25.1 Å². The number of hydrogen-bond acceptors (Lipinski definition) is 5. The lowest BCUT2D eigenvalue weighted by atomic mass is 10.1. The average molecular weight is 298 g/mol. The fraction of sp³-hybridized carbons (Fsp3) is 0.375. The normalized spacial score (nSPS) is 11.2. The van der Waals surface area contributed by atoms with Crippen molar-refractivity contribution in [2.75, 3.05) is 0 Å². The zero-order valence-corrected chi connectivity index (χ0v) is 12.7. The van der Waals surface area contributed by atoms with Crippen LogP contribution in [0, 0.1) is 0 Å². The van der Waals surface area contributed by atoms with Crippen LogP contribution in [0.15, 0.2) is 33.8 Å². The maximum atomic E-state index is 12.5. The Hall–Kier alpha value is -2.50. The van der Waals surface area contributed by atoms with E-state index in [0.717, 1.165) is 17.5 Å². The van der Waals surface area contributed by atoms with Crippen molar-refractivity contribution in [3.8, 4) is 0 Å². The monoisotopic (exact) mass is 298 g/mol. The van der Waals surface area contributed by atoms with Gasteiger partial charge in [0.2, 0.25) is 5.89 Å². The van der Waals surface area contributed by atoms with E-state index in [0.29, 0.717) is 36.5 Å². The largest absolute Gasteiger partial charge is 0.339 e. The maximum absolute atomic E-state index is 12.5. The summed E-state index contributed by atoms with van der Waals surface area (Å²) in [6, 6.07) is 5.82. The number of nitrogens with zero attached hydrogens (tertiary/aromatic N) is 4. The predicted octanol–water partition coefficient (Wildman–Crippen LogP) is 2.15. The summed E-state index contributed by atoms with van der Waals surface area (Å²) >= 11 is 0. The molecule has 2 aromatic heterocycles. The number of benzene rings is 1. The molecule has 1 aromatic carbocycles. The quantitative estimate of drug-likeness (QED) is 0.721. The van der Waals surface area contributed by atoms with Gasteiger partial charge in [-0.25, -0.2) is 4.98 Å². The third-order valence-corrected chi connectivity index (χ3v) is 3.69. The van der Waals surface area contributed by atoms with E-state index in [4.69, 9.17) is 4.52 Å². The molecule has 2 heterocycles. The second kappa shape index (κ2) is 6.09. The number of aromatic nitrogens is 4. The minimum Gasteiger partial charge on any atom is -0.339 e. The zero-order valence-electron chi connectivity index (χ0n) is 12.7. The molecule has 114 valence electrons. The van der Waals surface area contributed by atoms with Gasteiger partial charge < -0.3 is 4.52 Å². The molecule has 0 unspecified atom stereocenters. The van der Waals surface area contributed by atoms with Crippen molar-refractivity contribution in [1.82, 2.24) is 19.7 Å². The van der Waals surface area contributed by atoms with Crippen LogP contribution >= 0.6 is 0 Å². The van der Waals surface area contributed by atoms with Gasteiger partial charge in [-0.3, -0.25) is 9.36 Å². The molecule has 6 nitrogen and oxygen atoms in total. The van der Waals surface area contributed by atoms with Gasteiger partial charge in [-0.05, 0) is 24.1 Å². The van der Waals surface area contributed by atoms with E-state index in [1.807, 2.05) is 25.1 Å².